The molecule has 1 aliphatic carbocycles. The van der Waals surface area contributed by atoms with Gasteiger partial charge in [0.05, 0.1) is 9.92 Å². The summed E-state index contributed by atoms with van der Waals surface area (Å²) in [5.74, 6) is 0.0361. The average molecular weight is 399 g/mol. The quantitative estimate of drug-likeness (QED) is 0.669. The first kappa shape index (κ1) is 18.1. The second-order valence-corrected chi connectivity index (χ2v) is 8.09. The molecule has 1 saturated carbocycles. The van der Waals surface area contributed by atoms with Gasteiger partial charge in [-0.1, -0.05) is 47.6 Å². The molecule has 0 saturated heterocycles. The summed E-state index contributed by atoms with van der Waals surface area (Å²) in [5, 5.41) is 6.20. The fourth-order valence-electron chi connectivity index (χ4n) is 3.14. The lowest BCUT2D eigenvalue weighted by atomic mass is 10.0. The van der Waals surface area contributed by atoms with E-state index in [2.05, 4.69) is 36.2 Å². The van der Waals surface area contributed by atoms with Crippen molar-refractivity contribution in [3.63, 3.8) is 0 Å². The van der Waals surface area contributed by atoms with Crippen LogP contribution in [0.1, 0.15) is 24.8 Å². The minimum atomic E-state index is -0.208. The van der Waals surface area contributed by atoms with Crippen LogP contribution in [0.25, 0.3) is 11.3 Å². The molecule has 5 nitrogen and oxygen atoms in total. The number of benzene rings is 1. The molecule has 1 fully saturated rings. The SMILES string of the molecule is CCn1cc(Sc2ccc(Cl)cn2)c(-c2ccc(C3CC3C(N)=O)cc2)n1. The van der Waals surface area contributed by atoms with Gasteiger partial charge in [-0.2, -0.15) is 5.10 Å². The molecule has 2 atom stereocenters. The van der Waals surface area contributed by atoms with Gasteiger partial charge in [0.15, 0.2) is 0 Å². The summed E-state index contributed by atoms with van der Waals surface area (Å²) >= 11 is 7.49. The fraction of sp³-hybridized carbons (Fsp3) is 0.250. The number of pyridine rings is 1. The van der Waals surface area contributed by atoms with Gasteiger partial charge in [-0.25, -0.2) is 4.98 Å². The molecule has 4 rings (SSSR count). The highest BCUT2D eigenvalue weighted by Gasteiger charge is 2.42. The van der Waals surface area contributed by atoms with E-state index in [1.165, 1.54) is 0 Å². The molecule has 1 aliphatic rings. The first-order valence-corrected chi connectivity index (χ1v) is 10.0. The third-order valence-electron chi connectivity index (χ3n) is 4.74. The molecule has 27 heavy (non-hydrogen) atoms. The van der Waals surface area contributed by atoms with E-state index >= 15 is 0 Å². The first-order valence-electron chi connectivity index (χ1n) is 8.81. The monoisotopic (exact) mass is 398 g/mol. The van der Waals surface area contributed by atoms with Crippen LogP contribution in [0.2, 0.25) is 5.02 Å². The lowest BCUT2D eigenvalue weighted by molar-refractivity contribution is -0.119. The molecule has 2 aromatic heterocycles. The Hall–Kier alpha value is -2.31. The maximum Gasteiger partial charge on any atom is 0.221 e. The highest BCUT2D eigenvalue weighted by atomic mass is 35.5. The zero-order valence-electron chi connectivity index (χ0n) is 14.8. The Balaban J connectivity index is 1.60. The minimum absolute atomic E-state index is 0.0164. The Bertz CT molecular complexity index is 969. The van der Waals surface area contributed by atoms with Crippen molar-refractivity contribution in [3.05, 3.63) is 59.4 Å². The van der Waals surface area contributed by atoms with Crippen LogP contribution in [-0.4, -0.2) is 20.7 Å². The molecule has 2 N–H and O–H groups in total. The van der Waals surface area contributed by atoms with Gasteiger partial charge >= 0.3 is 0 Å². The Morgan fingerprint density at radius 3 is 2.67 bits per heavy atom. The number of primary amides is 1. The Morgan fingerprint density at radius 2 is 2.07 bits per heavy atom. The number of aryl methyl sites for hydroxylation is 1. The van der Waals surface area contributed by atoms with Gasteiger partial charge < -0.3 is 5.73 Å². The number of aromatic nitrogens is 3. The summed E-state index contributed by atoms with van der Waals surface area (Å²) in [6.45, 7) is 2.86. The molecule has 2 heterocycles. The third-order valence-corrected chi connectivity index (χ3v) is 5.93. The minimum Gasteiger partial charge on any atom is -0.369 e. The average Bonchev–Trinajstić information content (AvgIpc) is 3.38. The first-order chi connectivity index (χ1) is 13.0. The van der Waals surface area contributed by atoms with Crippen molar-refractivity contribution in [2.75, 3.05) is 0 Å². The third kappa shape index (κ3) is 3.87. The van der Waals surface area contributed by atoms with Crippen LogP contribution in [0, 0.1) is 5.92 Å². The number of hydrogen-bond donors (Lipinski definition) is 1. The lowest BCUT2D eigenvalue weighted by Gasteiger charge is -2.04. The van der Waals surface area contributed by atoms with Crippen LogP contribution in [0.4, 0.5) is 0 Å². The number of carbonyl (C=O) groups excluding carboxylic acids is 1. The van der Waals surface area contributed by atoms with Crippen molar-refractivity contribution in [1.82, 2.24) is 14.8 Å². The number of hydrogen-bond acceptors (Lipinski definition) is 4. The van der Waals surface area contributed by atoms with E-state index in [0.29, 0.717) is 5.02 Å². The Kier molecular flexibility index (Phi) is 4.93. The van der Waals surface area contributed by atoms with Crippen LogP contribution >= 0.6 is 23.4 Å². The second-order valence-electron chi connectivity index (χ2n) is 6.59. The summed E-state index contributed by atoms with van der Waals surface area (Å²) in [7, 11) is 0. The predicted molar refractivity (Wildman–Crippen MR) is 107 cm³/mol. The van der Waals surface area contributed by atoms with E-state index < -0.39 is 0 Å². The maximum absolute atomic E-state index is 11.3. The van der Waals surface area contributed by atoms with Gasteiger partial charge in [0.25, 0.3) is 0 Å². The summed E-state index contributed by atoms with van der Waals surface area (Å²) in [6, 6.07) is 12.0. The number of nitrogens with zero attached hydrogens (tertiary/aromatic N) is 3. The fourth-order valence-corrected chi connectivity index (χ4v) is 4.15. The number of nitrogens with two attached hydrogens (primary N) is 1. The normalized spacial score (nSPS) is 18.4. The van der Waals surface area contributed by atoms with Crippen molar-refractivity contribution in [2.45, 2.75) is 35.7 Å². The molecule has 3 aromatic rings. The summed E-state index contributed by atoms with van der Waals surface area (Å²) in [5.41, 5.74) is 8.52. The van der Waals surface area contributed by atoms with E-state index in [9.17, 15) is 4.79 Å². The molecule has 7 heteroatoms. The van der Waals surface area contributed by atoms with Gasteiger partial charge in [-0.05, 0) is 37.0 Å². The van der Waals surface area contributed by atoms with Crippen molar-refractivity contribution in [2.24, 2.45) is 11.7 Å². The number of rotatable bonds is 6. The van der Waals surface area contributed by atoms with Crippen LogP contribution < -0.4 is 5.73 Å². The number of carbonyl (C=O) groups is 1. The van der Waals surface area contributed by atoms with Crippen molar-refractivity contribution < 1.29 is 4.79 Å². The highest BCUT2D eigenvalue weighted by Crippen LogP contribution is 2.47. The van der Waals surface area contributed by atoms with Crippen LogP contribution in [0.3, 0.4) is 0 Å². The molecule has 1 amide bonds. The van der Waals surface area contributed by atoms with Crippen molar-refractivity contribution in [1.29, 1.82) is 0 Å². The topological polar surface area (TPSA) is 73.8 Å². The number of amides is 1. The zero-order chi connectivity index (χ0) is 19.0. The molecule has 2 unspecified atom stereocenters. The van der Waals surface area contributed by atoms with Gasteiger partial charge in [0.2, 0.25) is 5.91 Å². The largest absolute Gasteiger partial charge is 0.369 e. The second kappa shape index (κ2) is 7.37. The molecular formula is C20H19ClN4OS. The Morgan fingerprint density at radius 1 is 1.30 bits per heavy atom. The van der Waals surface area contributed by atoms with Gasteiger partial charge in [0, 0.05) is 30.4 Å². The van der Waals surface area contributed by atoms with Gasteiger partial charge in [0.1, 0.15) is 10.7 Å². The molecule has 1 aromatic carbocycles. The van der Waals surface area contributed by atoms with Crippen LogP contribution in [0.5, 0.6) is 0 Å². The maximum atomic E-state index is 11.3. The van der Waals surface area contributed by atoms with Crippen molar-refractivity contribution >= 4 is 29.3 Å². The molecular weight excluding hydrogens is 380 g/mol. The molecule has 0 aliphatic heterocycles. The Labute approximate surface area is 166 Å². The van der Waals surface area contributed by atoms with E-state index in [1.54, 1.807) is 18.0 Å². The molecule has 138 valence electrons. The molecule has 0 radical (unpaired) electrons. The summed E-state index contributed by atoms with van der Waals surface area (Å²) in [4.78, 5) is 16.7. The summed E-state index contributed by atoms with van der Waals surface area (Å²) < 4.78 is 1.92. The molecule has 0 bridgehead atoms. The predicted octanol–water partition coefficient (Wildman–Crippen LogP) is 4.36. The smallest absolute Gasteiger partial charge is 0.221 e. The van der Waals surface area contributed by atoms with E-state index in [-0.39, 0.29) is 17.7 Å². The zero-order valence-corrected chi connectivity index (χ0v) is 16.4. The van der Waals surface area contributed by atoms with E-state index in [4.69, 9.17) is 22.4 Å². The van der Waals surface area contributed by atoms with E-state index in [0.717, 1.165) is 39.7 Å². The van der Waals surface area contributed by atoms with Crippen molar-refractivity contribution in [3.8, 4) is 11.3 Å². The summed E-state index contributed by atoms with van der Waals surface area (Å²) in [6.07, 6.45) is 4.53. The highest BCUT2D eigenvalue weighted by molar-refractivity contribution is 7.99. The van der Waals surface area contributed by atoms with Crippen LogP contribution in [0.15, 0.2) is 58.7 Å². The number of halogens is 1. The van der Waals surface area contributed by atoms with Crippen LogP contribution in [-0.2, 0) is 11.3 Å². The van der Waals surface area contributed by atoms with Gasteiger partial charge in [-0.3, -0.25) is 9.48 Å². The van der Waals surface area contributed by atoms with Gasteiger partial charge in [-0.15, -0.1) is 0 Å². The van der Waals surface area contributed by atoms with E-state index in [1.807, 2.05) is 23.0 Å². The standard InChI is InChI=1S/C20H19ClN4OS/c1-2-25-11-17(27-18-8-7-14(21)10-23-18)19(24-25)13-5-3-12(4-6-13)15-9-16(15)20(22)26/h3-8,10-11,15-16H,2,9H2,1H3,(H2,22,26). The lowest BCUT2D eigenvalue weighted by Crippen LogP contribution is -2.13. The molecule has 0 spiro atoms.